The van der Waals surface area contributed by atoms with Crippen molar-refractivity contribution in [1.29, 1.82) is 0 Å². The van der Waals surface area contributed by atoms with Crippen molar-refractivity contribution in [3.63, 3.8) is 0 Å². The summed E-state index contributed by atoms with van der Waals surface area (Å²) >= 11 is 1.67. The molecule has 86 valence electrons. The van der Waals surface area contributed by atoms with Gasteiger partial charge in [-0.1, -0.05) is 30.3 Å². The summed E-state index contributed by atoms with van der Waals surface area (Å²) in [6, 6.07) is 12.5. The van der Waals surface area contributed by atoms with Gasteiger partial charge in [0.15, 0.2) is 0 Å². The van der Waals surface area contributed by atoms with E-state index in [9.17, 15) is 4.79 Å². The van der Waals surface area contributed by atoms with Gasteiger partial charge in [0.25, 0.3) is 0 Å². The summed E-state index contributed by atoms with van der Waals surface area (Å²) in [6.45, 7) is 0. The molecule has 17 heavy (non-hydrogen) atoms. The third-order valence-corrected chi connectivity index (χ3v) is 4.31. The van der Waals surface area contributed by atoms with Crippen LogP contribution in [0.5, 0.6) is 0 Å². The molecule has 2 aromatic rings. The van der Waals surface area contributed by atoms with Gasteiger partial charge < -0.3 is 0 Å². The quantitative estimate of drug-likeness (QED) is 0.807. The number of carbonyl (C=O) groups excluding carboxylic acids is 1. The van der Waals surface area contributed by atoms with Crippen LogP contribution in [0.4, 0.5) is 0 Å². The molecular weight excluding hydrogens is 228 g/mol. The van der Waals surface area contributed by atoms with E-state index in [1.807, 2.05) is 17.5 Å². The number of hydrogen-bond donors (Lipinski definition) is 0. The molecule has 0 spiro atoms. The van der Waals surface area contributed by atoms with E-state index in [1.54, 1.807) is 11.3 Å². The van der Waals surface area contributed by atoms with Crippen LogP contribution in [0.2, 0.25) is 0 Å². The lowest BCUT2D eigenvalue weighted by molar-refractivity contribution is -0.121. The Labute approximate surface area is 105 Å². The third-order valence-electron chi connectivity index (χ3n) is 3.43. The molecule has 0 aliphatic heterocycles. The van der Waals surface area contributed by atoms with Crippen LogP contribution in [0.1, 0.15) is 16.0 Å². The average molecular weight is 242 g/mol. The van der Waals surface area contributed by atoms with Crippen LogP contribution in [-0.2, 0) is 24.1 Å². The molecule has 0 amide bonds. The zero-order valence-corrected chi connectivity index (χ0v) is 10.4. The van der Waals surface area contributed by atoms with Gasteiger partial charge in [0.05, 0.1) is 0 Å². The summed E-state index contributed by atoms with van der Waals surface area (Å²) in [5.74, 6) is 0.596. The van der Waals surface area contributed by atoms with E-state index in [4.69, 9.17) is 0 Å². The first-order chi connectivity index (χ1) is 8.33. The first-order valence-electron chi connectivity index (χ1n) is 5.95. The van der Waals surface area contributed by atoms with Crippen molar-refractivity contribution in [2.75, 3.05) is 0 Å². The molecule has 0 radical (unpaired) electrons. The highest BCUT2D eigenvalue weighted by molar-refractivity contribution is 7.10. The summed E-state index contributed by atoms with van der Waals surface area (Å²) in [5, 5.41) is 2.03. The van der Waals surface area contributed by atoms with Crippen LogP contribution in [0.15, 0.2) is 41.8 Å². The van der Waals surface area contributed by atoms with Crippen molar-refractivity contribution in [1.82, 2.24) is 0 Å². The summed E-state index contributed by atoms with van der Waals surface area (Å²) in [4.78, 5) is 13.4. The lowest BCUT2D eigenvalue weighted by Gasteiger charge is -2.06. The number of benzene rings is 1. The van der Waals surface area contributed by atoms with E-state index in [0.717, 1.165) is 12.8 Å². The normalized spacial score (nSPS) is 14.8. The molecule has 1 aliphatic carbocycles. The fourth-order valence-corrected chi connectivity index (χ4v) is 3.23. The van der Waals surface area contributed by atoms with Crippen molar-refractivity contribution in [2.45, 2.75) is 19.3 Å². The first-order valence-corrected chi connectivity index (χ1v) is 6.83. The van der Waals surface area contributed by atoms with E-state index in [0.29, 0.717) is 12.2 Å². The van der Waals surface area contributed by atoms with E-state index < -0.39 is 0 Å². The Kier molecular flexibility index (Phi) is 2.81. The standard InChI is InChI=1S/C15H14OS/c16-15(10-14-6-3-7-17-14)13-8-11-4-1-2-5-12(11)9-13/h1-7,13H,8-10H2. The molecule has 1 aromatic carbocycles. The Hall–Kier alpha value is -1.41. The number of rotatable bonds is 3. The van der Waals surface area contributed by atoms with Crippen molar-refractivity contribution in [2.24, 2.45) is 5.92 Å². The third kappa shape index (κ3) is 2.18. The minimum atomic E-state index is 0.203. The van der Waals surface area contributed by atoms with Gasteiger partial charge in [-0.2, -0.15) is 0 Å². The molecule has 0 saturated carbocycles. The van der Waals surface area contributed by atoms with E-state index in [2.05, 4.69) is 24.3 Å². The lowest BCUT2D eigenvalue weighted by Crippen LogP contribution is -2.16. The molecule has 1 heterocycles. The molecule has 0 saturated heterocycles. The molecule has 0 atom stereocenters. The number of hydrogen-bond acceptors (Lipinski definition) is 2. The molecule has 1 aliphatic rings. The second kappa shape index (κ2) is 4.46. The van der Waals surface area contributed by atoms with Crippen molar-refractivity contribution in [3.8, 4) is 0 Å². The van der Waals surface area contributed by atoms with Gasteiger partial charge in [-0.05, 0) is 35.4 Å². The summed E-state index contributed by atoms with van der Waals surface area (Å²) < 4.78 is 0. The predicted octanol–water partition coefficient (Wildman–Crippen LogP) is 3.27. The zero-order valence-electron chi connectivity index (χ0n) is 9.56. The predicted molar refractivity (Wildman–Crippen MR) is 70.4 cm³/mol. The number of Topliss-reactive ketones (excluding diaryl/α,β-unsaturated/α-hetero) is 1. The van der Waals surface area contributed by atoms with Gasteiger partial charge >= 0.3 is 0 Å². The fourth-order valence-electron chi connectivity index (χ4n) is 2.52. The van der Waals surface area contributed by atoms with Crippen LogP contribution >= 0.6 is 11.3 Å². The molecule has 3 rings (SSSR count). The van der Waals surface area contributed by atoms with Crippen LogP contribution in [0.3, 0.4) is 0 Å². The number of ketones is 1. The second-order valence-electron chi connectivity index (χ2n) is 4.60. The molecule has 0 unspecified atom stereocenters. The molecular formula is C15H14OS. The highest BCUT2D eigenvalue weighted by Gasteiger charge is 2.26. The Morgan fingerprint density at radius 2 is 1.82 bits per heavy atom. The minimum absolute atomic E-state index is 0.203. The molecule has 1 aromatic heterocycles. The maximum absolute atomic E-state index is 12.2. The topological polar surface area (TPSA) is 17.1 Å². The average Bonchev–Trinajstić information content (AvgIpc) is 2.96. The molecule has 0 fully saturated rings. The summed E-state index contributed by atoms with van der Waals surface area (Å²) in [5.41, 5.74) is 2.72. The monoisotopic (exact) mass is 242 g/mol. The smallest absolute Gasteiger partial charge is 0.141 e. The van der Waals surface area contributed by atoms with E-state index >= 15 is 0 Å². The first kappa shape index (κ1) is 10.7. The number of fused-ring (bicyclic) bond motifs is 1. The maximum atomic E-state index is 12.2. The van der Waals surface area contributed by atoms with Gasteiger partial charge in [0.2, 0.25) is 0 Å². The molecule has 1 nitrogen and oxygen atoms in total. The van der Waals surface area contributed by atoms with Gasteiger partial charge in [-0.3, -0.25) is 4.79 Å². The second-order valence-corrected chi connectivity index (χ2v) is 5.63. The Balaban J connectivity index is 1.70. The maximum Gasteiger partial charge on any atom is 0.141 e. The van der Waals surface area contributed by atoms with Gasteiger partial charge in [-0.15, -0.1) is 11.3 Å². The van der Waals surface area contributed by atoms with Gasteiger partial charge in [0, 0.05) is 17.2 Å². The van der Waals surface area contributed by atoms with E-state index in [1.165, 1.54) is 16.0 Å². The minimum Gasteiger partial charge on any atom is -0.299 e. The SMILES string of the molecule is O=C(Cc1cccs1)C1Cc2ccccc2C1. The van der Waals surface area contributed by atoms with Crippen LogP contribution in [0.25, 0.3) is 0 Å². The van der Waals surface area contributed by atoms with E-state index in [-0.39, 0.29) is 5.92 Å². The zero-order chi connectivity index (χ0) is 11.7. The molecule has 2 heteroatoms. The Morgan fingerprint density at radius 3 is 2.41 bits per heavy atom. The summed E-state index contributed by atoms with van der Waals surface area (Å²) in [6.07, 6.45) is 2.47. The molecule has 0 bridgehead atoms. The number of thiophene rings is 1. The van der Waals surface area contributed by atoms with Gasteiger partial charge in [0.1, 0.15) is 5.78 Å². The highest BCUT2D eigenvalue weighted by atomic mass is 32.1. The van der Waals surface area contributed by atoms with Crippen molar-refractivity contribution >= 4 is 17.1 Å². The Morgan fingerprint density at radius 1 is 1.12 bits per heavy atom. The van der Waals surface area contributed by atoms with Crippen LogP contribution in [0, 0.1) is 5.92 Å². The van der Waals surface area contributed by atoms with Crippen LogP contribution in [-0.4, -0.2) is 5.78 Å². The van der Waals surface area contributed by atoms with Crippen molar-refractivity contribution < 1.29 is 4.79 Å². The highest BCUT2D eigenvalue weighted by Crippen LogP contribution is 2.28. The fraction of sp³-hybridized carbons (Fsp3) is 0.267. The molecule has 0 N–H and O–H groups in total. The van der Waals surface area contributed by atoms with Crippen LogP contribution < -0.4 is 0 Å². The largest absolute Gasteiger partial charge is 0.299 e. The Bertz CT molecular complexity index is 503. The lowest BCUT2D eigenvalue weighted by atomic mass is 9.98. The number of carbonyl (C=O) groups is 1. The summed E-state index contributed by atoms with van der Waals surface area (Å²) in [7, 11) is 0. The van der Waals surface area contributed by atoms with Gasteiger partial charge in [-0.25, -0.2) is 0 Å². The van der Waals surface area contributed by atoms with Crippen molar-refractivity contribution in [3.05, 3.63) is 57.8 Å².